The van der Waals surface area contributed by atoms with Crippen molar-refractivity contribution in [2.45, 2.75) is 24.6 Å². The highest BCUT2D eigenvalue weighted by Crippen LogP contribution is 2.27. The molecule has 2 aromatic rings. The second-order valence-electron chi connectivity index (χ2n) is 4.87. The fourth-order valence-electron chi connectivity index (χ4n) is 1.95. The molecule has 0 atom stereocenters. The summed E-state index contributed by atoms with van der Waals surface area (Å²) < 4.78 is 27.0. The fraction of sp³-hybridized carbons (Fsp3) is 0.333. The molecule has 1 aromatic heterocycles. The van der Waals surface area contributed by atoms with Gasteiger partial charge in [0.1, 0.15) is 4.21 Å². The molecule has 0 radical (unpaired) electrons. The number of anilines is 1. The lowest BCUT2D eigenvalue weighted by Crippen LogP contribution is -2.25. The number of benzene rings is 1. The first-order valence-electron chi connectivity index (χ1n) is 6.79. The van der Waals surface area contributed by atoms with Crippen LogP contribution >= 0.6 is 11.3 Å². The summed E-state index contributed by atoms with van der Waals surface area (Å²) in [5, 5.41) is 5.08. The lowest BCUT2D eigenvalue weighted by molar-refractivity contribution is 0.596. The van der Waals surface area contributed by atoms with Crippen LogP contribution in [0.4, 0.5) is 5.69 Å². The Kier molecular flexibility index (Phi) is 5.03. The first kappa shape index (κ1) is 16.0. The minimum absolute atomic E-state index is 0.374. The van der Waals surface area contributed by atoms with Gasteiger partial charge < -0.3 is 5.32 Å². The Morgan fingerprint density at radius 2 is 2.05 bits per heavy atom. The van der Waals surface area contributed by atoms with Gasteiger partial charge in [0.15, 0.2) is 0 Å². The molecule has 0 aliphatic carbocycles. The van der Waals surface area contributed by atoms with Gasteiger partial charge in [-0.2, -0.15) is 0 Å². The second kappa shape index (κ2) is 6.60. The first-order chi connectivity index (χ1) is 9.95. The van der Waals surface area contributed by atoms with Crippen LogP contribution in [0.2, 0.25) is 0 Å². The van der Waals surface area contributed by atoms with Crippen molar-refractivity contribution >= 4 is 27.0 Å². The zero-order chi connectivity index (χ0) is 15.5. The van der Waals surface area contributed by atoms with Crippen LogP contribution < -0.4 is 9.62 Å². The second-order valence-corrected chi connectivity index (χ2v) is 7.97. The van der Waals surface area contributed by atoms with E-state index in [0.29, 0.717) is 16.4 Å². The van der Waals surface area contributed by atoms with E-state index in [0.717, 1.165) is 17.7 Å². The Hall–Kier alpha value is -1.37. The Bertz CT molecular complexity index is 708. The predicted octanol–water partition coefficient (Wildman–Crippen LogP) is 2.99. The predicted molar refractivity (Wildman–Crippen MR) is 88.5 cm³/mol. The number of thiophene rings is 1. The van der Waals surface area contributed by atoms with Crippen molar-refractivity contribution in [1.29, 1.82) is 0 Å². The van der Waals surface area contributed by atoms with Crippen LogP contribution in [0.3, 0.4) is 0 Å². The van der Waals surface area contributed by atoms with Crippen molar-refractivity contribution < 1.29 is 8.42 Å². The molecule has 1 heterocycles. The molecule has 0 aliphatic rings. The number of hydrogen-bond acceptors (Lipinski definition) is 4. The first-order valence-corrected chi connectivity index (χ1v) is 9.11. The molecule has 0 aliphatic heterocycles. The van der Waals surface area contributed by atoms with Crippen molar-refractivity contribution in [2.75, 3.05) is 17.9 Å². The quantitative estimate of drug-likeness (QED) is 0.888. The molecule has 21 heavy (non-hydrogen) atoms. The highest BCUT2D eigenvalue weighted by molar-refractivity contribution is 7.94. The molecule has 2 rings (SSSR count). The minimum Gasteiger partial charge on any atom is -0.313 e. The summed E-state index contributed by atoms with van der Waals surface area (Å²) in [4.78, 5) is 0. The van der Waals surface area contributed by atoms with Gasteiger partial charge in [-0.3, -0.25) is 4.31 Å². The molecule has 1 N–H and O–H groups in total. The van der Waals surface area contributed by atoms with Gasteiger partial charge in [-0.05, 0) is 48.2 Å². The summed E-state index contributed by atoms with van der Waals surface area (Å²) in [5.74, 6) is 0. The number of sulfonamides is 1. The monoisotopic (exact) mass is 324 g/mol. The summed E-state index contributed by atoms with van der Waals surface area (Å²) in [6.45, 7) is 5.52. The molecule has 0 amide bonds. The standard InChI is InChI=1S/C15H20N2O2S2/c1-4-16-10-13-9-15(20-11-13)21(18,19)17(3)14-7-5-6-12(2)8-14/h5-9,11,16H,4,10H2,1-3H3. The smallest absolute Gasteiger partial charge is 0.273 e. The summed E-state index contributed by atoms with van der Waals surface area (Å²) in [5.41, 5.74) is 2.71. The molecule has 0 spiro atoms. The average Bonchev–Trinajstić information content (AvgIpc) is 2.93. The van der Waals surface area contributed by atoms with Crippen LogP contribution in [0.15, 0.2) is 39.9 Å². The summed E-state index contributed by atoms with van der Waals surface area (Å²) in [6, 6.07) is 9.22. The summed E-state index contributed by atoms with van der Waals surface area (Å²) >= 11 is 1.26. The molecule has 0 fully saturated rings. The van der Waals surface area contributed by atoms with Crippen molar-refractivity contribution in [2.24, 2.45) is 0 Å². The Morgan fingerprint density at radius 3 is 2.71 bits per heavy atom. The van der Waals surface area contributed by atoms with E-state index in [-0.39, 0.29) is 0 Å². The van der Waals surface area contributed by atoms with E-state index in [1.54, 1.807) is 19.2 Å². The molecule has 4 nitrogen and oxygen atoms in total. The van der Waals surface area contributed by atoms with Gasteiger partial charge in [-0.25, -0.2) is 8.42 Å². The lowest BCUT2D eigenvalue weighted by atomic mass is 10.2. The maximum absolute atomic E-state index is 12.6. The zero-order valence-electron chi connectivity index (χ0n) is 12.5. The number of aryl methyl sites for hydroxylation is 1. The van der Waals surface area contributed by atoms with E-state index >= 15 is 0 Å². The number of hydrogen-bond donors (Lipinski definition) is 1. The van der Waals surface area contributed by atoms with Gasteiger partial charge in [0.05, 0.1) is 5.69 Å². The molecule has 0 unspecified atom stereocenters. The molecule has 0 saturated carbocycles. The van der Waals surface area contributed by atoms with Gasteiger partial charge >= 0.3 is 0 Å². The molecule has 6 heteroatoms. The van der Waals surface area contributed by atoms with E-state index in [1.807, 2.05) is 37.4 Å². The van der Waals surface area contributed by atoms with Crippen molar-refractivity contribution in [3.8, 4) is 0 Å². The van der Waals surface area contributed by atoms with E-state index in [4.69, 9.17) is 0 Å². The van der Waals surface area contributed by atoms with Gasteiger partial charge in [0, 0.05) is 13.6 Å². The Balaban J connectivity index is 2.26. The van der Waals surface area contributed by atoms with Crippen LogP contribution in [-0.4, -0.2) is 22.0 Å². The summed E-state index contributed by atoms with van der Waals surface area (Å²) in [6.07, 6.45) is 0. The lowest BCUT2D eigenvalue weighted by Gasteiger charge is -2.18. The van der Waals surface area contributed by atoms with E-state index in [9.17, 15) is 8.42 Å². The largest absolute Gasteiger partial charge is 0.313 e. The van der Waals surface area contributed by atoms with Crippen LogP contribution in [-0.2, 0) is 16.6 Å². The molecule has 0 bridgehead atoms. The van der Waals surface area contributed by atoms with Crippen molar-refractivity contribution in [3.05, 3.63) is 46.8 Å². The SMILES string of the molecule is CCNCc1csc(S(=O)(=O)N(C)c2cccc(C)c2)c1. The third-order valence-electron chi connectivity index (χ3n) is 3.19. The van der Waals surface area contributed by atoms with Gasteiger partial charge in [-0.1, -0.05) is 19.1 Å². The molecule has 114 valence electrons. The van der Waals surface area contributed by atoms with Crippen LogP contribution in [0, 0.1) is 6.92 Å². The van der Waals surface area contributed by atoms with Gasteiger partial charge in [0.2, 0.25) is 0 Å². The summed E-state index contributed by atoms with van der Waals surface area (Å²) in [7, 11) is -1.90. The maximum atomic E-state index is 12.6. The Morgan fingerprint density at radius 1 is 1.29 bits per heavy atom. The van der Waals surface area contributed by atoms with E-state index in [2.05, 4.69) is 5.32 Å². The maximum Gasteiger partial charge on any atom is 0.273 e. The highest BCUT2D eigenvalue weighted by atomic mass is 32.2. The normalized spacial score (nSPS) is 11.6. The van der Waals surface area contributed by atoms with Crippen molar-refractivity contribution in [1.82, 2.24) is 5.32 Å². The molecular weight excluding hydrogens is 304 g/mol. The van der Waals surface area contributed by atoms with Gasteiger partial charge in [-0.15, -0.1) is 11.3 Å². The topological polar surface area (TPSA) is 49.4 Å². The average molecular weight is 324 g/mol. The Labute approximate surface area is 130 Å². The van der Waals surface area contributed by atoms with E-state index < -0.39 is 10.0 Å². The van der Waals surface area contributed by atoms with Crippen LogP contribution in [0.25, 0.3) is 0 Å². The highest BCUT2D eigenvalue weighted by Gasteiger charge is 2.23. The number of nitrogens with one attached hydrogen (secondary N) is 1. The van der Waals surface area contributed by atoms with Crippen LogP contribution in [0.5, 0.6) is 0 Å². The number of nitrogens with zero attached hydrogens (tertiary/aromatic N) is 1. The molecule has 0 saturated heterocycles. The van der Waals surface area contributed by atoms with Crippen LogP contribution in [0.1, 0.15) is 18.1 Å². The van der Waals surface area contributed by atoms with Crippen molar-refractivity contribution in [3.63, 3.8) is 0 Å². The third kappa shape index (κ3) is 3.64. The third-order valence-corrected chi connectivity index (χ3v) is 6.44. The number of rotatable bonds is 6. The van der Waals surface area contributed by atoms with E-state index in [1.165, 1.54) is 15.6 Å². The van der Waals surface area contributed by atoms with Gasteiger partial charge in [0.25, 0.3) is 10.0 Å². The minimum atomic E-state index is -3.49. The fourth-order valence-corrected chi connectivity index (χ4v) is 4.51. The zero-order valence-corrected chi connectivity index (χ0v) is 14.1. The molecule has 1 aromatic carbocycles. The molecular formula is C15H20N2O2S2.